The van der Waals surface area contributed by atoms with Crippen LogP contribution in [0.2, 0.25) is 0 Å². The van der Waals surface area contributed by atoms with Gasteiger partial charge in [0.1, 0.15) is 11.8 Å². The third-order valence-electron chi connectivity index (χ3n) is 3.47. The lowest BCUT2D eigenvalue weighted by molar-refractivity contribution is -0.136. The Labute approximate surface area is 146 Å². The Morgan fingerprint density at radius 3 is 2.83 bits per heavy atom. The SMILES string of the molecule is CCCC(=O)N1CSCC1C(=O)Nc1ccc(OC)c(N)c1.Cl. The van der Waals surface area contributed by atoms with Crippen molar-refractivity contribution in [2.75, 3.05) is 29.8 Å². The van der Waals surface area contributed by atoms with Gasteiger partial charge in [0.05, 0.1) is 18.7 Å². The molecule has 1 aliphatic rings. The molecule has 1 atom stereocenters. The van der Waals surface area contributed by atoms with Gasteiger partial charge in [-0.05, 0) is 24.6 Å². The Bertz CT molecular complexity index is 571. The lowest BCUT2D eigenvalue weighted by atomic mass is 10.2. The molecule has 1 aromatic carbocycles. The Kier molecular flexibility index (Phi) is 7.51. The Hall–Kier alpha value is -1.60. The number of nitrogens with one attached hydrogen (secondary N) is 1. The molecule has 1 fully saturated rings. The molecule has 1 saturated heterocycles. The molecule has 0 aliphatic carbocycles. The second kappa shape index (κ2) is 8.88. The number of carbonyl (C=O) groups is 2. The van der Waals surface area contributed by atoms with Crippen LogP contribution in [-0.4, -0.2) is 41.5 Å². The largest absolute Gasteiger partial charge is 0.495 e. The second-order valence-electron chi connectivity index (χ2n) is 5.08. The number of rotatable bonds is 5. The van der Waals surface area contributed by atoms with Crippen molar-refractivity contribution in [2.24, 2.45) is 0 Å². The molecule has 0 spiro atoms. The lowest BCUT2D eigenvalue weighted by Crippen LogP contribution is -2.44. The van der Waals surface area contributed by atoms with Crippen molar-refractivity contribution < 1.29 is 14.3 Å². The normalized spacial score (nSPS) is 16.6. The summed E-state index contributed by atoms with van der Waals surface area (Å²) in [6, 6.07) is 4.66. The van der Waals surface area contributed by atoms with E-state index in [9.17, 15) is 9.59 Å². The number of halogens is 1. The summed E-state index contributed by atoms with van der Waals surface area (Å²) in [5, 5.41) is 2.82. The summed E-state index contributed by atoms with van der Waals surface area (Å²) in [4.78, 5) is 26.1. The van der Waals surface area contributed by atoms with Crippen LogP contribution in [0.5, 0.6) is 5.75 Å². The Morgan fingerprint density at radius 1 is 1.48 bits per heavy atom. The number of nitrogens with two attached hydrogens (primary N) is 1. The van der Waals surface area contributed by atoms with E-state index < -0.39 is 6.04 Å². The van der Waals surface area contributed by atoms with Gasteiger partial charge in [-0.15, -0.1) is 24.2 Å². The van der Waals surface area contributed by atoms with Crippen LogP contribution in [0.4, 0.5) is 11.4 Å². The first kappa shape index (κ1) is 19.4. The predicted octanol–water partition coefficient (Wildman–Crippen LogP) is 2.34. The van der Waals surface area contributed by atoms with Crippen molar-refractivity contribution in [2.45, 2.75) is 25.8 Å². The predicted molar refractivity (Wildman–Crippen MR) is 96.2 cm³/mol. The fourth-order valence-electron chi connectivity index (χ4n) is 2.30. The molecule has 0 radical (unpaired) electrons. The van der Waals surface area contributed by atoms with Crippen LogP contribution in [0.3, 0.4) is 0 Å². The molecule has 3 N–H and O–H groups in total. The zero-order valence-electron chi connectivity index (χ0n) is 13.2. The molecule has 6 nitrogen and oxygen atoms in total. The van der Waals surface area contributed by atoms with Crippen LogP contribution < -0.4 is 15.8 Å². The highest BCUT2D eigenvalue weighted by molar-refractivity contribution is 7.99. The number of benzene rings is 1. The van der Waals surface area contributed by atoms with Gasteiger partial charge in [-0.25, -0.2) is 0 Å². The first-order valence-corrected chi connectivity index (χ1v) is 8.33. The summed E-state index contributed by atoms with van der Waals surface area (Å²) in [6.07, 6.45) is 1.25. The molecule has 1 aliphatic heterocycles. The monoisotopic (exact) mass is 359 g/mol. The maximum Gasteiger partial charge on any atom is 0.248 e. The maximum atomic E-state index is 12.4. The van der Waals surface area contributed by atoms with E-state index in [0.29, 0.717) is 35.2 Å². The number of carbonyl (C=O) groups excluding carboxylic acids is 2. The molecule has 128 valence electrons. The Balaban J connectivity index is 0.00000264. The van der Waals surface area contributed by atoms with Gasteiger partial charge in [-0.3, -0.25) is 9.59 Å². The molecule has 0 aromatic heterocycles. The van der Waals surface area contributed by atoms with Crippen LogP contribution in [0, 0.1) is 0 Å². The summed E-state index contributed by atoms with van der Waals surface area (Å²) in [7, 11) is 1.54. The molecular weight excluding hydrogens is 338 g/mol. The van der Waals surface area contributed by atoms with Gasteiger partial charge >= 0.3 is 0 Å². The fourth-order valence-corrected chi connectivity index (χ4v) is 3.48. The van der Waals surface area contributed by atoms with E-state index in [-0.39, 0.29) is 24.2 Å². The van der Waals surface area contributed by atoms with Crippen LogP contribution in [0.1, 0.15) is 19.8 Å². The minimum absolute atomic E-state index is 0. The summed E-state index contributed by atoms with van der Waals surface area (Å²) < 4.78 is 5.09. The van der Waals surface area contributed by atoms with Crippen molar-refractivity contribution in [3.63, 3.8) is 0 Å². The van der Waals surface area contributed by atoms with Gasteiger partial charge in [0, 0.05) is 17.9 Å². The number of amides is 2. The minimum atomic E-state index is -0.424. The number of methoxy groups -OCH3 is 1. The summed E-state index contributed by atoms with van der Waals surface area (Å²) in [5.41, 5.74) is 6.89. The lowest BCUT2D eigenvalue weighted by Gasteiger charge is -2.23. The summed E-state index contributed by atoms with van der Waals surface area (Å²) >= 11 is 1.59. The van der Waals surface area contributed by atoms with E-state index in [2.05, 4.69) is 5.32 Å². The molecule has 23 heavy (non-hydrogen) atoms. The van der Waals surface area contributed by atoms with E-state index in [1.807, 2.05) is 6.92 Å². The maximum absolute atomic E-state index is 12.4. The van der Waals surface area contributed by atoms with E-state index in [0.717, 1.165) is 6.42 Å². The average Bonchev–Trinajstić information content (AvgIpc) is 2.97. The topological polar surface area (TPSA) is 84.7 Å². The van der Waals surface area contributed by atoms with Gasteiger partial charge in [0.15, 0.2) is 0 Å². The average molecular weight is 360 g/mol. The van der Waals surface area contributed by atoms with Crippen molar-refractivity contribution in [1.29, 1.82) is 0 Å². The van der Waals surface area contributed by atoms with Gasteiger partial charge in [0.2, 0.25) is 11.8 Å². The molecule has 0 bridgehead atoms. The van der Waals surface area contributed by atoms with E-state index in [1.165, 1.54) is 7.11 Å². The van der Waals surface area contributed by atoms with Gasteiger partial charge < -0.3 is 20.7 Å². The van der Waals surface area contributed by atoms with Crippen molar-refractivity contribution in [3.05, 3.63) is 18.2 Å². The molecule has 0 saturated carbocycles. The number of anilines is 2. The number of hydrogen-bond acceptors (Lipinski definition) is 5. The molecule has 2 rings (SSSR count). The second-order valence-corrected chi connectivity index (χ2v) is 6.07. The van der Waals surface area contributed by atoms with Crippen LogP contribution in [0.25, 0.3) is 0 Å². The molecule has 1 unspecified atom stereocenters. The molecule has 1 heterocycles. The van der Waals surface area contributed by atoms with Gasteiger partial charge in [-0.2, -0.15) is 0 Å². The van der Waals surface area contributed by atoms with Crippen molar-refractivity contribution >= 4 is 47.4 Å². The highest BCUT2D eigenvalue weighted by Crippen LogP contribution is 2.26. The first-order valence-electron chi connectivity index (χ1n) is 7.18. The zero-order chi connectivity index (χ0) is 16.1. The zero-order valence-corrected chi connectivity index (χ0v) is 14.8. The molecule has 8 heteroatoms. The smallest absolute Gasteiger partial charge is 0.248 e. The quantitative estimate of drug-likeness (QED) is 0.788. The Morgan fingerprint density at radius 2 is 2.22 bits per heavy atom. The van der Waals surface area contributed by atoms with Crippen molar-refractivity contribution in [1.82, 2.24) is 4.90 Å². The number of thioether (sulfide) groups is 1. The van der Waals surface area contributed by atoms with Gasteiger partial charge in [0.25, 0.3) is 0 Å². The number of nitrogens with zero attached hydrogens (tertiary/aromatic N) is 1. The van der Waals surface area contributed by atoms with Gasteiger partial charge in [-0.1, -0.05) is 6.92 Å². The third-order valence-corrected chi connectivity index (χ3v) is 4.48. The van der Waals surface area contributed by atoms with Crippen LogP contribution in [-0.2, 0) is 9.59 Å². The minimum Gasteiger partial charge on any atom is -0.495 e. The van der Waals surface area contributed by atoms with E-state index in [4.69, 9.17) is 10.5 Å². The third kappa shape index (κ3) is 4.68. The van der Waals surface area contributed by atoms with Crippen LogP contribution >= 0.6 is 24.2 Å². The molecule has 2 amide bonds. The summed E-state index contributed by atoms with van der Waals surface area (Å²) in [6.45, 7) is 1.95. The van der Waals surface area contributed by atoms with Crippen molar-refractivity contribution in [3.8, 4) is 5.75 Å². The molecule has 1 aromatic rings. The number of hydrogen-bond donors (Lipinski definition) is 2. The standard InChI is InChI=1S/C15H21N3O3S.ClH/c1-3-4-14(19)18-9-22-8-12(18)15(20)17-10-5-6-13(21-2)11(16)7-10;/h5-7,12H,3-4,8-9,16H2,1-2H3,(H,17,20);1H. The number of nitrogen functional groups attached to an aromatic ring is 1. The van der Waals surface area contributed by atoms with Crippen LogP contribution in [0.15, 0.2) is 18.2 Å². The number of ether oxygens (including phenoxy) is 1. The summed E-state index contributed by atoms with van der Waals surface area (Å²) in [5.74, 6) is 1.60. The first-order chi connectivity index (χ1) is 10.6. The highest BCUT2D eigenvalue weighted by atomic mass is 35.5. The fraction of sp³-hybridized carbons (Fsp3) is 0.467. The highest BCUT2D eigenvalue weighted by Gasteiger charge is 2.34. The molecular formula is C15H22ClN3O3S. The van der Waals surface area contributed by atoms with E-state index >= 15 is 0 Å². The van der Waals surface area contributed by atoms with E-state index in [1.54, 1.807) is 34.9 Å².